The first-order valence-electron chi connectivity index (χ1n) is 6.58. The molecule has 21 heavy (non-hydrogen) atoms. The second-order valence-electron chi connectivity index (χ2n) is 4.90. The summed E-state index contributed by atoms with van der Waals surface area (Å²) in [5.41, 5.74) is 10.2. The Morgan fingerprint density at radius 3 is 3.19 bits per heavy atom. The zero-order valence-corrected chi connectivity index (χ0v) is 12.7. The summed E-state index contributed by atoms with van der Waals surface area (Å²) >= 11 is 2.98. The molecule has 0 aliphatic carbocycles. The number of carbonyl (C=O) groups is 1. The summed E-state index contributed by atoms with van der Waals surface area (Å²) in [7, 11) is 0. The lowest BCUT2D eigenvalue weighted by Gasteiger charge is -2.26. The molecular formula is C14H12N4OS2. The number of fused-ring (bicyclic) bond motifs is 2. The molecule has 0 saturated heterocycles. The van der Waals surface area contributed by atoms with E-state index >= 15 is 0 Å². The number of rotatable bonds is 1. The fraction of sp³-hybridized carbons (Fsp3) is 0.214. The van der Waals surface area contributed by atoms with Gasteiger partial charge in [-0.05, 0) is 12.1 Å². The molecule has 1 aromatic carbocycles. The van der Waals surface area contributed by atoms with Crippen molar-refractivity contribution in [2.45, 2.75) is 13.0 Å². The summed E-state index contributed by atoms with van der Waals surface area (Å²) in [5.74, 6) is 0.0578. The minimum Gasteiger partial charge on any atom is -0.375 e. The summed E-state index contributed by atoms with van der Waals surface area (Å²) in [6, 6.07) is 5.69. The van der Waals surface area contributed by atoms with Gasteiger partial charge in [0.05, 0.1) is 33.5 Å². The standard InChI is InChI=1S/C14H12N4OS2/c15-14-17-9-4-5-18(6-11(9)21-14)13(19)8-2-1-3-10-12(8)20-7-16-10/h1-3,7H,4-6H2,(H2,15,17). The largest absolute Gasteiger partial charge is 0.375 e. The maximum Gasteiger partial charge on any atom is 0.255 e. The van der Waals surface area contributed by atoms with Crippen molar-refractivity contribution in [2.75, 3.05) is 12.3 Å². The molecule has 3 aromatic rings. The van der Waals surface area contributed by atoms with Crippen LogP contribution in [0.4, 0.5) is 5.13 Å². The summed E-state index contributed by atoms with van der Waals surface area (Å²) in [6.07, 6.45) is 0.771. The average molecular weight is 316 g/mol. The Morgan fingerprint density at radius 1 is 1.38 bits per heavy atom. The van der Waals surface area contributed by atoms with Gasteiger partial charge in [0.2, 0.25) is 0 Å². The van der Waals surface area contributed by atoms with Crippen LogP contribution in [0.2, 0.25) is 0 Å². The molecule has 7 heteroatoms. The zero-order valence-electron chi connectivity index (χ0n) is 11.1. The molecule has 1 aliphatic heterocycles. The lowest BCUT2D eigenvalue weighted by Crippen LogP contribution is -2.35. The number of amides is 1. The highest BCUT2D eigenvalue weighted by molar-refractivity contribution is 7.17. The van der Waals surface area contributed by atoms with Gasteiger partial charge in [0.25, 0.3) is 5.91 Å². The molecule has 0 radical (unpaired) electrons. The van der Waals surface area contributed by atoms with E-state index in [9.17, 15) is 4.79 Å². The molecule has 5 nitrogen and oxygen atoms in total. The maximum atomic E-state index is 12.8. The van der Waals surface area contributed by atoms with E-state index in [1.807, 2.05) is 23.1 Å². The minimum atomic E-state index is 0.0578. The highest BCUT2D eigenvalue weighted by Crippen LogP contribution is 2.29. The number of nitrogens with two attached hydrogens (primary N) is 1. The molecule has 4 rings (SSSR count). The molecule has 0 atom stereocenters. The first kappa shape index (κ1) is 12.7. The normalized spacial score (nSPS) is 14.4. The van der Waals surface area contributed by atoms with Gasteiger partial charge in [-0.1, -0.05) is 6.07 Å². The van der Waals surface area contributed by atoms with Gasteiger partial charge in [0.15, 0.2) is 5.13 Å². The summed E-state index contributed by atoms with van der Waals surface area (Å²) in [6.45, 7) is 1.28. The van der Waals surface area contributed by atoms with Crippen molar-refractivity contribution in [3.8, 4) is 0 Å². The van der Waals surface area contributed by atoms with Gasteiger partial charge in [0, 0.05) is 17.8 Å². The summed E-state index contributed by atoms with van der Waals surface area (Å²) in [5, 5.41) is 0.582. The van der Waals surface area contributed by atoms with E-state index in [1.165, 1.54) is 22.7 Å². The molecule has 0 saturated carbocycles. The number of aromatic nitrogens is 2. The molecule has 1 aliphatic rings. The van der Waals surface area contributed by atoms with E-state index in [2.05, 4.69) is 9.97 Å². The van der Waals surface area contributed by atoms with Crippen LogP contribution in [0.3, 0.4) is 0 Å². The predicted octanol–water partition coefficient (Wildman–Crippen LogP) is 2.53. The SMILES string of the molecule is Nc1nc2c(s1)CN(C(=O)c1cccc3ncsc13)CC2. The van der Waals surface area contributed by atoms with Crippen LogP contribution in [0.25, 0.3) is 10.2 Å². The van der Waals surface area contributed by atoms with Crippen LogP contribution in [0.1, 0.15) is 20.9 Å². The maximum absolute atomic E-state index is 12.8. The lowest BCUT2D eigenvalue weighted by atomic mass is 10.1. The quantitative estimate of drug-likeness (QED) is 0.749. The molecule has 0 unspecified atom stereocenters. The van der Waals surface area contributed by atoms with Crippen LogP contribution in [-0.2, 0) is 13.0 Å². The van der Waals surface area contributed by atoms with E-state index < -0.39 is 0 Å². The van der Waals surface area contributed by atoms with E-state index in [1.54, 1.807) is 5.51 Å². The molecule has 3 heterocycles. The van der Waals surface area contributed by atoms with Crippen LogP contribution < -0.4 is 5.73 Å². The Balaban J connectivity index is 1.68. The topological polar surface area (TPSA) is 72.1 Å². The number of nitrogen functional groups attached to an aromatic ring is 1. The highest BCUT2D eigenvalue weighted by atomic mass is 32.1. The Bertz CT molecular complexity index is 838. The Labute approximate surface area is 129 Å². The Kier molecular flexibility index (Phi) is 2.90. The molecule has 106 valence electrons. The van der Waals surface area contributed by atoms with Gasteiger partial charge in [-0.2, -0.15) is 0 Å². The van der Waals surface area contributed by atoms with Gasteiger partial charge in [-0.15, -0.1) is 22.7 Å². The van der Waals surface area contributed by atoms with E-state index in [-0.39, 0.29) is 5.91 Å². The summed E-state index contributed by atoms with van der Waals surface area (Å²) < 4.78 is 0.956. The number of thiazole rings is 2. The third kappa shape index (κ3) is 2.09. The average Bonchev–Trinajstić information content (AvgIpc) is 3.09. The molecule has 0 bridgehead atoms. The van der Waals surface area contributed by atoms with Crippen molar-refractivity contribution >= 4 is 43.9 Å². The van der Waals surface area contributed by atoms with Crippen LogP contribution in [-0.4, -0.2) is 27.3 Å². The van der Waals surface area contributed by atoms with Gasteiger partial charge in [-0.25, -0.2) is 9.97 Å². The van der Waals surface area contributed by atoms with E-state index in [0.717, 1.165) is 32.8 Å². The van der Waals surface area contributed by atoms with Crippen molar-refractivity contribution < 1.29 is 4.79 Å². The first-order valence-corrected chi connectivity index (χ1v) is 8.27. The van der Waals surface area contributed by atoms with Crippen LogP contribution >= 0.6 is 22.7 Å². The number of nitrogens with zero attached hydrogens (tertiary/aromatic N) is 3. The second kappa shape index (κ2) is 4.78. The molecule has 0 fully saturated rings. The van der Waals surface area contributed by atoms with Crippen LogP contribution in [0, 0.1) is 0 Å². The number of anilines is 1. The van der Waals surface area contributed by atoms with Gasteiger partial charge in [0.1, 0.15) is 0 Å². The Hall–Kier alpha value is -1.99. The first-order chi connectivity index (χ1) is 10.2. The lowest BCUT2D eigenvalue weighted by molar-refractivity contribution is 0.0738. The van der Waals surface area contributed by atoms with Crippen molar-refractivity contribution in [3.05, 3.63) is 39.8 Å². The number of hydrogen-bond acceptors (Lipinski definition) is 6. The van der Waals surface area contributed by atoms with Crippen molar-refractivity contribution in [2.24, 2.45) is 0 Å². The molecule has 1 amide bonds. The van der Waals surface area contributed by atoms with Crippen molar-refractivity contribution in [3.63, 3.8) is 0 Å². The number of benzene rings is 1. The van der Waals surface area contributed by atoms with E-state index in [0.29, 0.717) is 18.2 Å². The number of carbonyl (C=O) groups excluding carboxylic acids is 1. The fourth-order valence-corrected chi connectivity index (χ4v) is 4.30. The smallest absolute Gasteiger partial charge is 0.255 e. The third-order valence-electron chi connectivity index (χ3n) is 3.62. The zero-order chi connectivity index (χ0) is 14.4. The molecule has 2 aromatic heterocycles. The fourth-order valence-electron chi connectivity index (χ4n) is 2.61. The van der Waals surface area contributed by atoms with Gasteiger partial charge in [-0.3, -0.25) is 4.79 Å². The molecule has 0 spiro atoms. The van der Waals surface area contributed by atoms with Crippen LogP contribution in [0.5, 0.6) is 0 Å². The monoisotopic (exact) mass is 316 g/mol. The number of hydrogen-bond donors (Lipinski definition) is 1. The third-order valence-corrected chi connectivity index (χ3v) is 5.41. The van der Waals surface area contributed by atoms with Crippen molar-refractivity contribution in [1.82, 2.24) is 14.9 Å². The predicted molar refractivity (Wildman–Crippen MR) is 84.6 cm³/mol. The van der Waals surface area contributed by atoms with Gasteiger partial charge >= 0.3 is 0 Å². The molecular weight excluding hydrogens is 304 g/mol. The minimum absolute atomic E-state index is 0.0578. The second-order valence-corrected chi connectivity index (χ2v) is 6.87. The van der Waals surface area contributed by atoms with E-state index in [4.69, 9.17) is 5.73 Å². The van der Waals surface area contributed by atoms with Crippen molar-refractivity contribution in [1.29, 1.82) is 0 Å². The molecule has 2 N–H and O–H groups in total. The van der Waals surface area contributed by atoms with Crippen LogP contribution in [0.15, 0.2) is 23.7 Å². The Morgan fingerprint density at radius 2 is 2.29 bits per heavy atom. The highest BCUT2D eigenvalue weighted by Gasteiger charge is 2.25. The summed E-state index contributed by atoms with van der Waals surface area (Å²) in [4.78, 5) is 24.3. The van der Waals surface area contributed by atoms with Gasteiger partial charge < -0.3 is 10.6 Å².